The summed E-state index contributed by atoms with van der Waals surface area (Å²) in [6.07, 6.45) is 0. The molecule has 0 atom stereocenters. The van der Waals surface area contributed by atoms with Gasteiger partial charge in [-0.25, -0.2) is 9.67 Å². The Bertz CT molecular complexity index is 591. The summed E-state index contributed by atoms with van der Waals surface area (Å²) in [5.74, 6) is 0.846. The second-order valence-electron chi connectivity index (χ2n) is 6.01. The van der Waals surface area contributed by atoms with Crippen LogP contribution in [0.1, 0.15) is 43.4 Å². The molecule has 4 heteroatoms. The molecule has 19 heavy (non-hydrogen) atoms. The van der Waals surface area contributed by atoms with Crippen molar-refractivity contribution in [2.24, 2.45) is 5.73 Å². The second kappa shape index (κ2) is 4.78. The average molecular weight is 258 g/mol. The van der Waals surface area contributed by atoms with Gasteiger partial charge in [0, 0.05) is 23.3 Å². The van der Waals surface area contributed by atoms with Crippen molar-refractivity contribution in [1.29, 1.82) is 0 Å². The van der Waals surface area contributed by atoms with Crippen molar-refractivity contribution < 1.29 is 0 Å². The molecule has 0 spiro atoms. The first kappa shape index (κ1) is 13.7. The topological polar surface area (TPSA) is 56.7 Å². The van der Waals surface area contributed by atoms with E-state index in [-0.39, 0.29) is 5.41 Å². The Morgan fingerprint density at radius 1 is 1.16 bits per heavy atom. The SMILES string of the molecule is Cc1cc(C)n(-c2cc(CN)cc(C(C)(C)C)n2)n1. The number of nitrogens with zero attached hydrogens (tertiary/aromatic N) is 3. The van der Waals surface area contributed by atoms with Gasteiger partial charge in [0.1, 0.15) is 0 Å². The quantitative estimate of drug-likeness (QED) is 0.901. The van der Waals surface area contributed by atoms with E-state index in [1.807, 2.05) is 30.7 Å². The fraction of sp³-hybridized carbons (Fsp3) is 0.467. The zero-order valence-electron chi connectivity index (χ0n) is 12.4. The molecule has 2 aromatic rings. The molecule has 0 saturated carbocycles. The first-order chi connectivity index (χ1) is 8.81. The lowest BCUT2D eigenvalue weighted by Crippen LogP contribution is -2.17. The second-order valence-corrected chi connectivity index (χ2v) is 6.01. The Kier molecular flexibility index (Phi) is 3.45. The molecule has 0 aliphatic rings. The highest BCUT2D eigenvalue weighted by Gasteiger charge is 2.18. The molecule has 0 amide bonds. The number of aromatic nitrogens is 3. The van der Waals surface area contributed by atoms with E-state index in [9.17, 15) is 0 Å². The van der Waals surface area contributed by atoms with Crippen molar-refractivity contribution in [3.63, 3.8) is 0 Å². The summed E-state index contributed by atoms with van der Waals surface area (Å²) in [5, 5.41) is 4.49. The van der Waals surface area contributed by atoms with E-state index in [1.54, 1.807) is 0 Å². The molecule has 2 aromatic heterocycles. The Hall–Kier alpha value is -1.68. The largest absolute Gasteiger partial charge is 0.326 e. The van der Waals surface area contributed by atoms with Crippen LogP contribution >= 0.6 is 0 Å². The van der Waals surface area contributed by atoms with Gasteiger partial charge in [0.25, 0.3) is 0 Å². The minimum absolute atomic E-state index is 0.00394. The van der Waals surface area contributed by atoms with Crippen molar-refractivity contribution >= 4 is 0 Å². The van der Waals surface area contributed by atoms with Gasteiger partial charge < -0.3 is 5.73 Å². The molecule has 2 N–H and O–H groups in total. The fourth-order valence-corrected chi connectivity index (χ4v) is 2.04. The van der Waals surface area contributed by atoms with Crippen molar-refractivity contribution in [3.8, 4) is 5.82 Å². The highest BCUT2D eigenvalue weighted by atomic mass is 15.3. The summed E-state index contributed by atoms with van der Waals surface area (Å²) in [5.41, 5.74) is 9.99. The molecular weight excluding hydrogens is 236 g/mol. The molecule has 2 heterocycles. The third kappa shape index (κ3) is 2.84. The predicted molar refractivity (Wildman–Crippen MR) is 77.4 cm³/mol. The minimum Gasteiger partial charge on any atom is -0.326 e. The number of hydrogen-bond donors (Lipinski definition) is 1. The lowest BCUT2D eigenvalue weighted by Gasteiger charge is -2.20. The smallest absolute Gasteiger partial charge is 0.154 e. The zero-order valence-corrected chi connectivity index (χ0v) is 12.4. The summed E-state index contributed by atoms with van der Waals surface area (Å²) in [7, 11) is 0. The van der Waals surface area contributed by atoms with Crippen LogP contribution in [0.5, 0.6) is 0 Å². The Balaban J connectivity index is 2.60. The molecule has 0 saturated heterocycles. The molecule has 102 valence electrons. The molecule has 0 bridgehead atoms. The molecule has 4 nitrogen and oxygen atoms in total. The van der Waals surface area contributed by atoms with Gasteiger partial charge in [-0.15, -0.1) is 0 Å². The van der Waals surface area contributed by atoms with Crippen LogP contribution in [-0.4, -0.2) is 14.8 Å². The van der Waals surface area contributed by atoms with E-state index in [2.05, 4.69) is 31.9 Å². The van der Waals surface area contributed by atoms with Crippen LogP contribution < -0.4 is 5.73 Å². The van der Waals surface area contributed by atoms with E-state index in [0.29, 0.717) is 6.54 Å². The van der Waals surface area contributed by atoms with E-state index in [0.717, 1.165) is 28.5 Å². The lowest BCUT2D eigenvalue weighted by atomic mass is 9.91. The average Bonchev–Trinajstić information content (AvgIpc) is 2.66. The monoisotopic (exact) mass is 258 g/mol. The minimum atomic E-state index is -0.00394. The number of rotatable bonds is 2. The number of nitrogens with two attached hydrogens (primary N) is 1. The van der Waals surface area contributed by atoms with Crippen LogP contribution in [0.2, 0.25) is 0 Å². The molecule has 0 radical (unpaired) electrons. The van der Waals surface area contributed by atoms with Gasteiger partial charge in [-0.3, -0.25) is 0 Å². The summed E-state index contributed by atoms with van der Waals surface area (Å²) in [6.45, 7) is 11.0. The molecule has 0 unspecified atom stereocenters. The first-order valence-corrected chi connectivity index (χ1v) is 6.56. The molecule has 2 rings (SSSR count). The third-order valence-corrected chi connectivity index (χ3v) is 3.10. The standard InChI is InChI=1S/C15H22N4/c1-10-6-11(2)19(18-10)14-8-12(9-16)7-13(17-14)15(3,4)5/h6-8H,9,16H2,1-5H3. The predicted octanol–water partition coefficient (Wildman–Crippen LogP) is 2.64. The summed E-state index contributed by atoms with van der Waals surface area (Å²) in [4.78, 5) is 4.74. The van der Waals surface area contributed by atoms with Gasteiger partial charge in [0.15, 0.2) is 5.82 Å². The highest BCUT2D eigenvalue weighted by molar-refractivity contribution is 5.34. The Labute approximate surface area is 114 Å². The van der Waals surface area contributed by atoms with Crippen molar-refractivity contribution in [2.45, 2.75) is 46.6 Å². The van der Waals surface area contributed by atoms with Crippen molar-refractivity contribution in [3.05, 3.63) is 40.8 Å². The summed E-state index contributed by atoms with van der Waals surface area (Å²) >= 11 is 0. The van der Waals surface area contributed by atoms with Crippen molar-refractivity contribution in [1.82, 2.24) is 14.8 Å². The summed E-state index contributed by atoms with van der Waals surface area (Å²) in [6, 6.07) is 6.14. The van der Waals surface area contributed by atoms with E-state index >= 15 is 0 Å². The third-order valence-electron chi connectivity index (χ3n) is 3.10. The van der Waals surface area contributed by atoms with Crippen LogP contribution in [-0.2, 0) is 12.0 Å². The van der Waals surface area contributed by atoms with E-state index < -0.39 is 0 Å². The van der Waals surface area contributed by atoms with Gasteiger partial charge in [-0.2, -0.15) is 5.10 Å². The molecular formula is C15H22N4. The number of pyridine rings is 1. The highest BCUT2D eigenvalue weighted by Crippen LogP contribution is 2.23. The first-order valence-electron chi connectivity index (χ1n) is 6.56. The van der Waals surface area contributed by atoms with Crippen LogP contribution in [0.3, 0.4) is 0 Å². The van der Waals surface area contributed by atoms with Gasteiger partial charge in [-0.05, 0) is 37.6 Å². The van der Waals surface area contributed by atoms with E-state index in [1.165, 1.54) is 0 Å². The van der Waals surface area contributed by atoms with Gasteiger partial charge in [0.05, 0.1) is 5.69 Å². The van der Waals surface area contributed by atoms with E-state index in [4.69, 9.17) is 10.7 Å². The molecule has 0 fully saturated rings. The van der Waals surface area contributed by atoms with Gasteiger partial charge in [0.2, 0.25) is 0 Å². The van der Waals surface area contributed by atoms with Gasteiger partial charge in [-0.1, -0.05) is 20.8 Å². The van der Waals surface area contributed by atoms with Crippen molar-refractivity contribution in [2.75, 3.05) is 0 Å². The van der Waals surface area contributed by atoms with Gasteiger partial charge >= 0.3 is 0 Å². The zero-order chi connectivity index (χ0) is 14.2. The number of hydrogen-bond acceptors (Lipinski definition) is 3. The lowest BCUT2D eigenvalue weighted by molar-refractivity contribution is 0.564. The summed E-state index contributed by atoms with van der Waals surface area (Å²) < 4.78 is 1.88. The molecule has 0 aliphatic carbocycles. The maximum Gasteiger partial charge on any atom is 0.154 e. The molecule has 0 aromatic carbocycles. The Morgan fingerprint density at radius 2 is 1.84 bits per heavy atom. The van der Waals surface area contributed by atoms with Crippen LogP contribution in [0, 0.1) is 13.8 Å². The van der Waals surface area contributed by atoms with Crippen LogP contribution in [0.4, 0.5) is 0 Å². The van der Waals surface area contributed by atoms with Crippen LogP contribution in [0.15, 0.2) is 18.2 Å². The maximum absolute atomic E-state index is 5.79. The maximum atomic E-state index is 5.79. The molecule has 0 aliphatic heterocycles. The normalized spacial score (nSPS) is 11.9. The number of aryl methyl sites for hydroxylation is 2. The fourth-order valence-electron chi connectivity index (χ4n) is 2.04. The van der Waals surface area contributed by atoms with Crippen LogP contribution in [0.25, 0.3) is 5.82 Å². The Morgan fingerprint density at radius 3 is 2.32 bits per heavy atom.